The van der Waals surface area contributed by atoms with E-state index >= 15 is 0 Å². The number of aromatic nitrogens is 5. The van der Waals surface area contributed by atoms with Gasteiger partial charge in [-0.1, -0.05) is 13.8 Å². The fourth-order valence-corrected chi connectivity index (χ4v) is 2.84. The first-order valence-electron chi connectivity index (χ1n) is 8.27. The summed E-state index contributed by atoms with van der Waals surface area (Å²) in [5, 5.41) is 10.7. The maximum absolute atomic E-state index is 12.7. The molecule has 3 rings (SSSR count). The van der Waals surface area contributed by atoms with Gasteiger partial charge in [-0.15, -0.1) is 5.10 Å². The van der Waals surface area contributed by atoms with Crippen LogP contribution in [0.3, 0.4) is 0 Å². The van der Waals surface area contributed by atoms with Gasteiger partial charge in [-0.3, -0.25) is 9.59 Å². The van der Waals surface area contributed by atoms with Gasteiger partial charge in [-0.05, 0) is 16.8 Å². The van der Waals surface area contributed by atoms with E-state index in [4.69, 9.17) is 4.42 Å². The van der Waals surface area contributed by atoms with Crippen LogP contribution in [0.15, 0.2) is 17.1 Å². The summed E-state index contributed by atoms with van der Waals surface area (Å²) in [6.07, 6.45) is 3.42. The Kier molecular flexibility index (Phi) is 5.05. The third-order valence-corrected chi connectivity index (χ3v) is 4.15. The summed E-state index contributed by atoms with van der Waals surface area (Å²) in [5.41, 5.74) is 0.364. The Morgan fingerprint density at radius 3 is 2.68 bits per heavy atom. The van der Waals surface area contributed by atoms with E-state index in [0.717, 1.165) is 0 Å². The first-order valence-corrected chi connectivity index (χ1v) is 8.27. The van der Waals surface area contributed by atoms with Crippen LogP contribution in [0.4, 0.5) is 0 Å². The molecule has 0 N–H and O–H groups in total. The van der Waals surface area contributed by atoms with Gasteiger partial charge >= 0.3 is 0 Å². The summed E-state index contributed by atoms with van der Waals surface area (Å²) in [5.74, 6) is 0.474. The van der Waals surface area contributed by atoms with Crippen molar-refractivity contribution in [2.75, 3.05) is 26.2 Å². The zero-order valence-corrected chi connectivity index (χ0v) is 14.3. The summed E-state index contributed by atoms with van der Waals surface area (Å²) in [7, 11) is 0. The van der Waals surface area contributed by atoms with Crippen LogP contribution in [0.2, 0.25) is 0 Å². The SMILES string of the molecule is CC(C)c1ocnc1C(=O)N1CCCN(C(=O)Cn2cnnn2)CC1. The number of carbonyl (C=O) groups excluding carboxylic acids is 2. The molecule has 10 nitrogen and oxygen atoms in total. The number of amides is 2. The van der Waals surface area contributed by atoms with Crippen LogP contribution in [-0.2, 0) is 11.3 Å². The van der Waals surface area contributed by atoms with Crippen molar-refractivity contribution in [2.45, 2.75) is 32.7 Å². The molecular weight excluding hydrogens is 326 g/mol. The van der Waals surface area contributed by atoms with Crippen molar-refractivity contribution in [3.05, 3.63) is 24.2 Å². The van der Waals surface area contributed by atoms with Crippen LogP contribution < -0.4 is 0 Å². The maximum Gasteiger partial charge on any atom is 0.276 e. The number of hydrogen-bond donors (Lipinski definition) is 0. The molecule has 1 saturated heterocycles. The number of oxazole rings is 1. The quantitative estimate of drug-likeness (QED) is 0.774. The van der Waals surface area contributed by atoms with Crippen molar-refractivity contribution in [1.82, 2.24) is 35.0 Å². The van der Waals surface area contributed by atoms with Crippen LogP contribution in [0, 0.1) is 0 Å². The summed E-state index contributed by atoms with van der Waals surface area (Å²) < 4.78 is 6.73. The fraction of sp³-hybridized carbons (Fsp3) is 0.600. The standard InChI is InChI=1S/C15H21N7O3/c1-11(2)14-13(16-10-25-14)15(24)21-5-3-4-20(6-7-21)12(23)8-22-9-17-18-19-22/h9-11H,3-8H2,1-2H3. The van der Waals surface area contributed by atoms with Crippen molar-refractivity contribution in [2.24, 2.45) is 0 Å². The van der Waals surface area contributed by atoms with E-state index in [1.54, 1.807) is 9.80 Å². The number of rotatable bonds is 4. The summed E-state index contributed by atoms with van der Waals surface area (Å²) in [6.45, 7) is 6.13. The van der Waals surface area contributed by atoms with Gasteiger partial charge < -0.3 is 14.2 Å². The van der Waals surface area contributed by atoms with Crippen LogP contribution in [0.5, 0.6) is 0 Å². The van der Waals surface area contributed by atoms with Gasteiger partial charge in [0.05, 0.1) is 0 Å². The summed E-state index contributed by atoms with van der Waals surface area (Å²) in [4.78, 5) is 32.6. The Labute approximate surface area is 144 Å². The first-order chi connectivity index (χ1) is 12.1. The lowest BCUT2D eigenvalue weighted by Crippen LogP contribution is -2.39. The molecule has 0 unspecified atom stereocenters. The highest BCUT2D eigenvalue weighted by Gasteiger charge is 2.27. The number of carbonyl (C=O) groups is 2. The molecule has 2 aromatic rings. The Morgan fingerprint density at radius 2 is 1.96 bits per heavy atom. The largest absolute Gasteiger partial charge is 0.447 e. The minimum atomic E-state index is -0.146. The molecule has 0 aromatic carbocycles. The maximum atomic E-state index is 12.7. The first kappa shape index (κ1) is 17.1. The third-order valence-electron chi connectivity index (χ3n) is 4.15. The number of hydrogen-bond acceptors (Lipinski definition) is 7. The van der Waals surface area contributed by atoms with Crippen LogP contribution in [0.25, 0.3) is 0 Å². The lowest BCUT2D eigenvalue weighted by atomic mass is 10.1. The van der Waals surface area contributed by atoms with Crippen molar-refractivity contribution in [3.63, 3.8) is 0 Å². The average molecular weight is 347 g/mol. The highest BCUT2D eigenvalue weighted by molar-refractivity contribution is 5.93. The molecule has 0 atom stereocenters. The van der Waals surface area contributed by atoms with E-state index in [1.165, 1.54) is 17.4 Å². The molecular formula is C15H21N7O3. The van der Waals surface area contributed by atoms with E-state index in [2.05, 4.69) is 20.5 Å². The second-order valence-electron chi connectivity index (χ2n) is 6.25. The zero-order valence-electron chi connectivity index (χ0n) is 14.3. The second-order valence-corrected chi connectivity index (χ2v) is 6.25. The normalized spacial score (nSPS) is 15.5. The molecule has 10 heteroatoms. The van der Waals surface area contributed by atoms with Crippen molar-refractivity contribution in [3.8, 4) is 0 Å². The monoisotopic (exact) mass is 347 g/mol. The van der Waals surface area contributed by atoms with Gasteiger partial charge in [-0.2, -0.15) is 0 Å². The highest BCUT2D eigenvalue weighted by atomic mass is 16.3. The lowest BCUT2D eigenvalue weighted by molar-refractivity contribution is -0.131. The molecule has 1 aliphatic rings. The Hall–Kier alpha value is -2.78. The molecule has 0 radical (unpaired) electrons. The Balaban J connectivity index is 1.62. The zero-order chi connectivity index (χ0) is 17.8. The Bertz CT molecular complexity index is 725. The van der Waals surface area contributed by atoms with Gasteiger partial charge in [0.15, 0.2) is 12.1 Å². The van der Waals surface area contributed by atoms with Crippen LogP contribution in [0.1, 0.15) is 42.4 Å². The van der Waals surface area contributed by atoms with Gasteiger partial charge in [0, 0.05) is 32.1 Å². The predicted molar refractivity (Wildman–Crippen MR) is 85.5 cm³/mol. The van der Waals surface area contributed by atoms with Crippen LogP contribution in [-0.4, -0.2) is 73.0 Å². The number of tetrazole rings is 1. The second kappa shape index (κ2) is 7.41. The predicted octanol–water partition coefficient (Wildman–Crippen LogP) is 0.159. The van der Waals surface area contributed by atoms with E-state index in [1.807, 2.05) is 13.8 Å². The number of nitrogens with zero attached hydrogens (tertiary/aromatic N) is 7. The molecule has 0 bridgehead atoms. The van der Waals surface area contributed by atoms with Crippen molar-refractivity contribution in [1.29, 1.82) is 0 Å². The van der Waals surface area contributed by atoms with E-state index in [0.29, 0.717) is 44.1 Å². The third kappa shape index (κ3) is 3.83. The molecule has 0 aliphatic carbocycles. The van der Waals surface area contributed by atoms with Gasteiger partial charge in [-0.25, -0.2) is 9.67 Å². The lowest BCUT2D eigenvalue weighted by Gasteiger charge is -2.22. The van der Waals surface area contributed by atoms with Gasteiger partial charge in [0.1, 0.15) is 18.6 Å². The highest BCUT2D eigenvalue weighted by Crippen LogP contribution is 2.20. The summed E-state index contributed by atoms with van der Waals surface area (Å²) in [6, 6.07) is 0. The molecule has 3 heterocycles. The fourth-order valence-electron chi connectivity index (χ4n) is 2.84. The van der Waals surface area contributed by atoms with Gasteiger partial charge in [0.25, 0.3) is 5.91 Å². The Morgan fingerprint density at radius 1 is 1.20 bits per heavy atom. The molecule has 2 amide bonds. The van der Waals surface area contributed by atoms with Crippen molar-refractivity contribution >= 4 is 11.8 Å². The molecule has 1 fully saturated rings. The molecule has 1 aliphatic heterocycles. The topological polar surface area (TPSA) is 110 Å². The molecule has 134 valence electrons. The van der Waals surface area contributed by atoms with E-state index in [-0.39, 0.29) is 24.3 Å². The minimum Gasteiger partial charge on any atom is -0.447 e. The summed E-state index contributed by atoms with van der Waals surface area (Å²) >= 11 is 0. The van der Waals surface area contributed by atoms with Gasteiger partial charge in [0.2, 0.25) is 5.91 Å². The van der Waals surface area contributed by atoms with E-state index < -0.39 is 0 Å². The molecule has 0 spiro atoms. The average Bonchev–Trinajstić information content (AvgIpc) is 3.21. The molecule has 25 heavy (non-hydrogen) atoms. The van der Waals surface area contributed by atoms with E-state index in [9.17, 15) is 9.59 Å². The minimum absolute atomic E-state index is 0.0640. The molecule has 0 saturated carbocycles. The molecule has 2 aromatic heterocycles. The smallest absolute Gasteiger partial charge is 0.276 e. The van der Waals surface area contributed by atoms with Crippen molar-refractivity contribution < 1.29 is 14.0 Å². The van der Waals surface area contributed by atoms with Crippen LogP contribution >= 0.6 is 0 Å².